The van der Waals surface area contributed by atoms with Gasteiger partial charge in [-0.15, -0.1) is 0 Å². The number of benzene rings is 1. The van der Waals surface area contributed by atoms with Crippen LogP contribution in [0.5, 0.6) is 0 Å². The lowest BCUT2D eigenvalue weighted by molar-refractivity contribution is -0.134. The van der Waals surface area contributed by atoms with Crippen LogP contribution in [0.1, 0.15) is 23.6 Å². The molecule has 3 N–H and O–H groups in total. The summed E-state index contributed by atoms with van der Waals surface area (Å²) >= 11 is 1.81. The van der Waals surface area contributed by atoms with E-state index in [0.717, 1.165) is 50.6 Å². The Hall–Kier alpha value is -2.72. The summed E-state index contributed by atoms with van der Waals surface area (Å²) in [6, 6.07) is 13.5. The minimum Gasteiger partial charge on any atom is -0.478 e. The second kappa shape index (κ2) is 12.5. The number of aliphatic hydroxyl groups is 1. The number of piperazine rings is 1. The molecule has 2 aromatic rings. The lowest BCUT2D eigenvalue weighted by atomic mass is 9.97. The molecule has 1 aromatic carbocycles. The van der Waals surface area contributed by atoms with Crippen LogP contribution in [0.4, 0.5) is 0 Å². The number of carboxylic acids is 2. The zero-order chi connectivity index (χ0) is 23.6. The van der Waals surface area contributed by atoms with E-state index in [2.05, 4.69) is 51.2 Å². The van der Waals surface area contributed by atoms with E-state index in [0.29, 0.717) is 18.2 Å². The highest BCUT2D eigenvalue weighted by atomic mass is 32.2. The SMILES string of the molecule is O=C(O)/C=C\C(=O)O.OCCCN1CCN(C2Cc3cccnc3Sc3ccccc32)CC1. The third-order valence-electron chi connectivity index (χ3n) is 5.60. The molecule has 9 heteroatoms. The van der Waals surface area contributed by atoms with Gasteiger partial charge in [0.25, 0.3) is 0 Å². The lowest BCUT2D eigenvalue weighted by Crippen LogP contribution is -2.48. The van der Waals surface area contributed by atoms with Crippen LogP contribution < -0.4 is 0 Å². The van der Waals surface area contributed by atoms with E-state index < -0.39 is 11.9 Å². The molecule has 0 spiro atoms. The first-order valence-corrected chi connectivity index (χ1v) is 11.7. The second-order valence-corrected chi connectivity index (χ2v) is 8.82. The highest BCUT2D eigenvalue weighted by Crippen LogP contribution is 2.41. The standard InChI is InChI=1S/C20H25N3OS.C4H4O4/c24-14-4-9-22-10-12-23(13-11-22)18-15-16-5-3-8-21-20(16)25-19-7-2-1-6-17(18)19;5-3(6)1-2-4(7)8/h1-3,5-8,18,24H,4,9-15H2;1-2H,(H,5,6)(H,7,8)/b;2-1-. The Kier molecular flexibility index (Phi) is 9.44. The van der Waals surface area contributed by atoms with Crippen molar-refractivity contribution in [3.63, 3.8) is 0 Å². The van der Waals surface area contributed by atoms with Crippen LogP contribution >= 0.6 is 11.8 Å². The van der Waals surface area contributed by atoms with Crippen molar-refractivity contribution in [1.29, 1.82) is 0 Å². The van der Waals surface area contributed by atoms with Crippen LogP contribution in [0.25, 0.3) is 0 Å². The number of hydrogen-bond donors (Lipinski definition) is 3. The van der Waals surface area contributed by atoms with Crippen LogP contribution in [0, 0.1) is 0 Å². The van der Waals surface area contributed by atoms with Gasteiger partial charge in [-0.05, 0) is 36.1 Å². The Morgan fingerprint density at radius 1 is 1.03 bits per heavy atom. The summed E-state index contributed by atoms with van der Waals surface area (Å²) in [5.41, 5.74) is 2.80. The van der Waals surface area contributed by atoms with Gasteiger partial charge >= 0.3 is 11.9 Å². The number of fused-ring (bicyclic) bond motifs is 2. The Morgan fingerprint density at radius 3 is 2.39 bits per heavy atom. The van der Waals surface area contributed by atoms with Gasteiger partial charge in [-0.3, -0.25) is 4.90 Å². The van der Waals surface area contributed by atoms with Gasteiger partial charge in [0.15, 0.2) is 0 Å². The van der Waals surface area contributed by atoms with Crippen molar-refractivity contribution in [2.45, 2.75) is 28.8 Å². The third kappa shape index (κ3) is 7.40. The number of aromatic nitrogens is 1. The summed E-state index contributed by atoms with van der Waals surface area (Å²) < 4.78 is 0. The average molecular weight is 472 g/mol. The first-order valence-electron chi connectivity index (χ1n) is 10.9. The number of carbonyl (C=O) groups is 2. The molecular formula is C24H29N3O5S. The number of aliphatic carboxylic acids is 2. The fraction of sp³-hybridized carbons (Fsp3) is 0.375. The molecule has 1 saturated heterocycles. The molecule has 0 bridgehead atoms. The van der Waals surface area contributed by atoms with Crippen molar-refractivity contribution in [3.05, 3.63) is 65.9 Å². The van der Waals surface area contributed by atoms with Gasteiger partial charge in [0.05, 0.1) is 0 Å². The molecule has 8 nitrogen and oxygen atoms in total. The summed E-state index contributed by atoms with van der Waals surface area (Å²) in [6.07, 6.45) is 4.92. The molecule has 0 amide bonds. The third-order valence-corrected chi connectivity index (χ3v) is 6.75. The van der Waals surface area contributed by atoms with Gasteiger partial charge in [-0.1, -0.05) is 36.0 Å². The van der Waals surface area contributed by atoms with Gasteiger partial charge in [0.1, 0.15) is 5.03 Å². The van der Waals surface area contributed by atoms with Crippen LogP contribution in [0.15, 0.2) is 64.7 Å². The Balaban J connectivity index is 0.000000331. The van der Waals surface area contributed by atoms with Crippen LogP contribution in [0.2, 0.25) is 0 Å². The molecule has 1 unspecified atom stereocenters. The van der Waals surface area contributed by atoms with E-state index in [1.54, 1.807) is 11.8 Å². The fourth-order valence-electron chi connectivity index (χ4n) is 4.00. The van der Waals surface area contributed by atoms with Gasteiger partial charge < -0.3 is 20.2 Å². The van der Waals surface area contributed by atoms with Crippen molar-refractivity contribution in [2.24, 2.45) is 0 Å². The number of aliphatic hydroxyl groups excluding tert-OH is 1. The minimum absolute atomic E-state index is 0.289. The van der Waals surface area contributed by atoms with E-state index in [9.17, 15) is 9.59 Å². The summed E-state index contributed by atoms with van der Waals surface area (Å²) in [4.78, 5) is 30.2. The highest BCUT2D eigenvalue weighted by molar-refractivity contribution is 7.99. The molecule has 3 heterocycles. The predicted molar refractivity (Wildman–Crippen MR) is 125 cm³/mol. The molecule has 1 fully saturated rings. The Bertz CT molecular complexity index is 960. The molecule has 0 radical (unpaired) electrons. The number of hydrogen-bond acceptors (Lipinski definition) is 7. The molecule has 1 atom stereocenters. The quantitative estimate of drug-likeness (QED) is 0.547. The van der Waals surface area contributed by atoms with Gasteiger partial charge in [0.2, 0.25) is 0 Å². The molecule has 2 aliphatic heterocycles. The van der Waals surface area contributed by atoms with Crippen molar-refractivity contribution in [3.8, 4) is 0 Å². The molecule has 176 valence electrons. The Labute approximate surface area is 197 Å². The minimum atomic E-state index is -1.26. The maximum absolute atomic E-state index is 9.55. The number of rotatable bonds is 6. The molecule has 1 aromatic heterocycles. The van der Waals surface area contributed by atoms with E-state index in [4.69, 9.17) is 15.3 Å². The van der Waals surface area contributed by atoms with Crippen molar-refractivity contribution in [1.82, 2.24) is 14.8 Å². The van der Waals surface area contributed by atoms with Gasteiger partial charge in [0, 0.05) is 68.6 Å². The fourth-order valence-corrected chi connectivity index (χ4v) is 5.08. The van der Waals surface area contributed by atoms with E-state index >= 15 is 0 Å². The summed E-state index contributed by atoms with van der Waals surface area (Å²) in [6.45, 7) is 5.65. The van der Waals surface area contributed by atoms with Crippen molar-refractivity contribution >= 4 is 23.7 Å². The molecule has 33 heavy (non-hydrogen) atoms. The van der Waals surface area contributed by atoms with Crippen molar-refractivity contribution in [2.75, 3.05) is 39.3 Å². The summed E-state index contributed by atoms with van der Waals surface area (Å²) in [5, 5.41) is 25.8. The van der Waals surface area contributed by atoms with E-state index in [1.165, 1.54) is 16.0 Å². The predicted octanol–water partition coefficient (Wildman–Crippen LogP) is 2.54. The van der Waals surface area contributed by atoms with Gasteiger partial charge in [-0.25, -0.2) is 14.6 Å². The lowest BCUT2D eigenvalue weighted by Gasteiger charge is -2.39. The van der Waals surface area contributed by atoms with Gasteiger partial charge in [-0.2, -0.15) is 0 Å². The number of nitrogens with zero attached hydrogens (tertiary/aromatic N) is 3. The number of pyridine rings is 1. The average Bonchev–Trinajstić information content (AvgIpc) is 2.99. The maximum Gasteiger partial charge on any atom is 0.328 e. The zero-order valence-corrected chi connectivity index (χ0v) is 19.2. The van der Waals surface area contributed by atoms with Crippen LogP contribution in [0.3, 0.4) is 0 Å². The highest BCUT2D eigenvalue weighted by Gasteiger charge is 2.29. The first-order chi connectivity index (χ1) is 16.0. The van der Waals surface area contributed by atoms with Crippen LogP contribution in [-0.2, 0) is 16.0 Å². The summed E-state index contributed by atoms with van der Waals surface area (Å²) in [7, 11) is 0. The molecule has 0 aliphatic carbocycles. The monoisotopic (exact) mass is 471 g/mol. The van der Waals surface area contributed by atoms with Crippen LogP contribution in [-0.4, -0.2) is 81.4 Å². The molecule has 4 rings (SSSR count). The largest absolute Gasteiger partial charge is 0.478 e. The topological polar surface area (TPSA) is 114 Å². The molecule has 0 saturated carbocycles. The zero-order valence-electron chi connectivity index (χ0n) is 18.3. The molecule has 2 aliphatic rings. The second-order valence-electron chi connectivity index (χ2n) is 7.79. The first kappa shape index (κ1) is 24.9. The Morgan fingerprint density at radius 2 is 1.73 bits per heavy atom. The molecular weight excluding hydrogens is 442 g/mol. The smallest absolute Gasteiger partial charge is 0.328 e. The van der Waals surface area contributed by atoms with E-state index in [1.807, 2.05) is 6.20 Å². The number of carboxylic acid groups (broad SMARTS) is 2. The van der Waals surface area contributed by atoms with E-state index in [-0.39, 0.29) is 6.61 Å². The maximum atomic E-state index is 9.55. The normalized spacial score (nSPS) is 18.5. The summed E-state index contributed by atoms with van der Waals surface area (Å²) in [5.74, 6) is -2.51. The van der Waals surface area contributed by atoms with Crippen molar-refractivity contribution < 1.29 is 24.9 Å².